The van der Waals surface area contributed by atoms with Crippen molar-refractivity contribution in [2.45, 2.75) is 58.5 Å². The van der Waals surface area contributed by atoms with Crippen LogP contribution in [0.3, 0.4) is 0 Å². The van der Waals surface area contributed by atoms with Gasteiger partial charge in [-0.1, -0.05) is 38.5 Å². The number of rotatable bonds is 10. The van der Waals surface area contributed by atoms with Crippen LogP contribution in [0.4, 0.5) is 0 Å². The van der Waals surface area contributed by atoms with Gasteiger partial charge in [0, 0.05) is 31.5 Å². The van der Waals surface area contributed by atoms with Crippen molar-refractivity contribution in [2.24, 2.45) is 13.0 Å². The molecule has 0 saturated carbocycles. The highest BCUT2D eigenvalue weighted by Crippen LogP contribution is 2.21. The predicted octanol–water partition coefficient (Wildman–Crippen LogP) is 3.81. The maximum atomic E-state index is 13.3. The van der Waals surface area contributed by atoms with E-state index in [-0.39, 0.29) is 29.3 Å². The number of carbonyl (C=O) groups is 1. The van der Waals surface area contributed by atoms with E-state index in [2.05, 4.69) is 13.8 Å². The smallest absolute Gasteiger partial charge is 0.243 e. The SMILES string of the molecule is CC[C@H](C)N(CC(=O)N(Cc1cccn1C)CC(C)C)S(=O)(=O)c1ccc(C)cc1. The molecule has 1 aromatic carbocycles. The lowest BCUT2D eigenvalue weighted by Crippen LogP contribution is -2.47. The highest BCUT2D eigenvalue weighted by molar-refractivity contribution is 7.89. The summed E-state index contributed by atoms with van der Waals surface area (Å²) in [5.74, 6) is 0.0980. The number of benzene rings is 1. The molecule has 0 aliphatic carbocycles. The fraction of sp³-hybridized carbons (Fsp3) is 0.522. The largest absolute Gasteiger partial charge is 0.353 e. The van der Waals surface area contributed by atoms with Gasteiger partial charge in [-0.25, -0.2) is 8.42 Å². The van der Waals surface area contributed by atoms with Gasteiger partial charge in [0.05, 0.1) is 18.0 Å². The van der Waals surface area contributed by atoms with Gasteiger partial charge in [-0.3, -0.25) is 4.79 Å². The number of sulfonamides is 1. The van der Waals surface area contributed by atoms with Crippen LogP contribution in [-0.2, 0) is 28.4 Å². The Hall–Kier alpha value is -2.12. The van der Waals surface area contributed by atoms with Crippen molar-refractivity contribution in [3.8, 4) is 0 Å². The van der Waals surface area contributed by atoms with Crippen molar-refractivity contribution in [1.29, 1.82) is 0 Å². The van der Waals surface area contributed by atoms with Gasteiger partial charge in [0.1, 0.15) is 0 Å². The second kappa shape index (κ2) is 10.3. The zero-order valence-corrected chi connectivity index (χ0v) is 19.8. The van der Waals surface area contributed by atoms with Crippen molar-refractivity contribution in [2.75, 3.05) is 13.1 Å². The summed E-state index contributed by atoms with van der Waals surface area (Å²) in [6.07, 6.45) is 2.57. The molecule has 0 unspecified atom stereocenters. The van der Waals surface area contributed by atoms with E-state index in [0.717, 1.165) is 11.3 Å². The highest BCUT2D eigenvalue weighted by Gasteiger charge is 2.32. The molecule has 0 aliphatic rings. The Morgan fingerprint density at radius 1 is 1.10 bits per heavy atom. The van der Waals surface area contributed by atoms with E-state index < -0.39 is 10.0 Å². The summed E-state index contributed by atoms with van der Waals surface area (Å²) < 4.78 is 30.0. The molecule has 0 radical (unpaired) electrons. The van der Waals surface area contributed by atoms with Crippen LogP contribution < -0.4 is 0 Å². The normalized spacial score (nSPS) is 13.1. The third-order valence-corrected chi connectivity index (χ3v) is 7.32. The fourth-order valence-electron chi connectivity index (χ4n) is 3.31. The Morgan fingerprint density at radius 3 is 2.23 bits per heavy atom. The third kappa shape index (κ3) is 5.95. The molecule has 1 amide bonds. The number of carbonyl (C=O) groups excluding carboxylic acids is 1. The lowest BCUT2D eigenvalue weighted by atomic mass is 10.2. The minimum absolute atomic E-state index is 0.164. The van der Waals surface area contributed by atoms with Crippen LogP contribution in [0.5, 0.6) is 0 Å². The lowest BCUT2D eigenvalue weighted by Gasteiger charge is -2.31. The van der Waals surface area contributed by atoms with Crippen LogP contribution >= 0.6 is 0 Å². The summed E-state index contributed by atoms with van der Waals surface area (Å²) in [5.41, 5.74) is 2.01. The van der Waals surface area contributed by atoms with Gasteiger partial charge in [0.25, 0.3) is 0 Å². The molecule has 6 nitrogen and oxygen atoms in total. The molecular formula is C23H35N3O3S. The first kappa shape index (κ1) is 24.2. The molecule has 7 heteroatoms. The number of amides is 1. The number of hydrogen-bond acceptors (Lipinski definition) is 3. The van der Waals surface area contributed by atoms with Crippen LogP contribution in [0.2, 0.25) is 0 Å². The van der Waals surface area contributed by atoms with Gasteiger partial charge in [0.2, 0.25) is 15.9 Å². The predicted molar refractivity (Wildman–Crippen MR) is 120 cm³/mol. The van der Waals surface area contributed by atoms with E-state index in [1.54, 1.807) is 29.2 Å². The zero-order valence-electron chi connectivity index (χ0n) is 19.0. The first-order valence-electron chi connectivity index (χ1n) is 10.5. The van der Waals surface area contributed by atoms with Crippen LogP contribution in [0.15, 0.2) is 47.5 Å². The van der Waals surface area contributed by atoms with Gasteiger partial charge in [-0.2, -0.15) is 4.31 Å². The summed E-state index contributed by atoms with van der Waals surface area (Å²) in [5, 5.41) is 0. The van der Waals surface area contributed by atoms with Crippen LogP contribution in [0, 0.1) is 12.8 Å². The van der Waals surface area contributed by atoms with Crippen molar-refractivity contribution >= 4 is 15.9 Å². The monoisotopic (exact) mass is 433 g/mol. The van der Waals surface area contributed by atoms with Gasteiger partial charge in [0.15, 0.2) is 0 Å². The summed E-state index contributed by atoms with van der Waals surface area (Å²) in [6.45, 7) is 10.7. The second-order valence-electron chi connectivity index (χ2n) is 8.40. The molecule has 0 spiro atoms. The average Bonchev–Trinajstić information content (AvgIpc) is 3.09. The maximum Gasteiger partial charge on any atom is 0.243 e. The molecule has 0 aliphatic heterocycles. The van der Waals surface area contributed by atoms with Crippen LogP contribution in [-0.4, -0.2) is 47.2 Å². The second-order valence-corrected chi connectivity index (χ2v) is 10.3. The number of aryl methyl sites for hydroxylation is 2. The standard InChI is InChI=1S/C23H35N3O3S/c1-7-20(5)26(30(28,29)22-12-10-19(4)11-13-22)17-23(27)25(15-18(2)3)16-21-9-8-14-24(21)6/h8-14,18,20H,7,15-17H2,1-6H3/t20-/m0/s1. The van der Waals surface area contributed by atoms with Crippen LogP contribution in [0.25, 0.3) is 0 Å². The first-order valence-corrected chi connectivity index (χ1v) is 12.0. The minimum atomic E-state index is -3.78. The summed E-state index contributed by atoms with van der Waals surface area (Å²) in [4.78, 5) is 15.3. The Morgan fingerprint density at radius 2 is 1.73 bits per heavy atom. The van der Waals surface area contributed by atoms with E-state index in [1.807, 2.05) is 50.7 Å². The highest BCUT2D eigenvalue weighted by atomic mass is 32.2. The molecule has 0 N–H and O–H groups in total. The quantitative estimate of drug-likeness (QED) is 0.572. The zero-order chi connectivity index (χ0) is 22.5. The molecule has 1 atom stereocenters. The molecule has 0 fully saturated rings. The van der Waals surface area contributed by atoms with Gasteiger partial charge >= 0.3 is 0 Å². The van der Waals surface area contributed by atoms with Crippen molar-refractivity contribution in [1.82, 2.24) is 13.8 Å². The van der Waals surface area contributed by atoms with Crippen LogP contribution in [0.1, 0.15) is 45.4 Å². The lowest BCUT2D eigenvalue weighted by molar-refractivity contribution is -0.133. The molecule has 166 valence electrons. The Kier molecular flexibility index (Phi) is 8.26. The van der Waals surface area contributed by atoms with Crippen molar-refractivity contribution in [3.63, 3.8) is 0 Å². The fourth-order valence-corrected chi connectivity index (χ4v) is 4.97. The third-order valence-electron chi connectivity index (χ3n) is 5.34. The summed E-state index contributed by atoms with van der Waals surface area (Å²) >= 11 is 0. The number of hydrogen-bond donors (Lipinski definition) is 0. The molecule has 0 saturated heterocycles. The van der Waals surface area contributed by atoms with Crippen molar-refractivity contribution < 1.29 is 13.2 Å². The molecule has 2 aromatic rings. The van der Waals surface area contributed by atoms with Crippen molar-refractivity contribution in [3.05, 3.63) is 53.9 Å². The molecular weight excluding hydrogens is 398 g/mol. The van der Waals surface area contributed by atoms with Gasteiger partial charge in [-0.05, 0) is 50.5 Å². The average molecular weight is 434 g/mol. The molecule has 0 bridgehead atoms. The first-order chi connectivity index (χ1) is 14.1. The minimum Gasteiger partial charge on any atom is -0.353 e. The Bertz CT molecular complexity index is 933. The number of aromatic nitrogens is 1. The van der Waals surface area contributed by atoms with Gasteiger partial charge < -0.3 is 9.47 Å². The Labute approximate surface area is 181 Å². The molecule has 30 heavy (non-hydrogen) atoms. The Balaban J connectivity index is 2.31. The van der Waals surface area contributed by atoms with E-state index in [9.17, 15) is 13.2 Å². The molecule has 2 rings (SSSR count). The van der Waals surface area contributed by atoms with E-state index in [0.29, 0.717) is 19.5 Å². The molecule has 1 heterocycles. The molecule has 1 aromatic heterocycles. The van der Waals surface area contributed by atoms with E-state index in [4.69, 9.17) is 0 Å². The summed E-state index contributed by atoms with van der Waals surface area (Å²) in [6, 6.07) is 10.4. The summed E-state index contributed by atoms with van der Waals surface area (Å²) in [7, 11) is -1.83. The topological polar surface area (TPSA) is 62.6 Å². The maximum absolute atomic E-state index is 13.3. The van der Waals surface area contributed by atoms with E-state index in [1.165, 1.54) is 4.31 Å². The van der Waals surface area contributed by atoms with E-state index >= 15 is 0 Å². The number of nitrogens with zero attached hydrogens (tertiary/aromatic N) is 3. The van der Waals surface area contributed by atoms with Gasteiger partial charge in [-0.15, -0.1) is 0 Å².